The van der Waals surface area contributed by atoms with Gasteiger partial charge in [-0.3, -0.25) is 9.59 Å². The molecule has 3 unspecified atom stereocenters. The zero-order valence-electron chi connectivity index (χ0n) is 12.3. The molecule has 1 aromatic heterocycles. The first kappa shape index (κ1) is 14.6. The smallest absolute Gasteiger partial charge is 0.255 e. The van der Waals surface area contributed by atoms with E-state index in [1.54, 1.807) is 13.0 Å². The van der Waals surface area contributed by atoms with E-state index in [9.17, 15) is 9.59 Å². The third-order valence-electron chi connectivity index (χ3n) is 3.68. The second kappa shape index (κ2) is 6.11. The summed E-state index contributed by atoms with van der Waals surface area (Å²) in [5, 5.41) is 2.72. The molecule has 1 aliphatic rings. The van der Waals surface area contributed by atoms with Crippen LogP contribution < -0.4 is 5.32 Å². The van der Waals surface area contributed by atoms with Gasteiger partial charge in [-0.05, 0) is 31.2 Å². The fourth-order valence-electron chi connectivity index (χ4n) is 2.85. The van der Waals surface area contributed by atoms with E-state index in [1.165, 1.54) is 12.5 Å². The minimum atomic E-state index is -0.519. The summed E-state index contributed by atoms with van der Waals surface area (Å²) in [7, 11) is 0. The SMILES string of the molecule is CC1CC(C)CN(C(=O)C(C)NC(=O)c2ccoc2)C1. The maximum atomic E-state index is 12.4. The van der Waals surface area contributed by atoms with E-state index in [-0.39, 0.29) is 11.8 Å². The van der Waals surface area contributed by atoms with Crippen molar-refractivity contribution in [2.45, 2.75) is 33.2 Å². The predicted octanol–water partition coefficient (Wildman–Crippen LogP) is 1.90. The summed E-state index contributed by atoms with van der Waals surface area (Å²) in [5.74, 6) is 0.733. The molecule has 0 spiro atoms. The molecule has 1 aromatic rings. The van der Waals surface area contributed by atoms with Gasteiger partial charge >= 0.3 is 0 Å². The topological polar surface area (TPSA) is 62.6 Å². The Kier molecular flexibility index (Phi) is 4.47. The molecule has 110 valence electrons. The largest absolute Gasteiger partial charge is 0.472 e. The van der Waals surface area contributed by atoms with Gasteiger partial charge in [0.05, 0.1) is 11.8 Å². The van der Waals surface area contributed by atoms with Crippen LogP contribution in [0.15, 0.2) is 23.0 Å². The number of piperidine rings is 1. The summed E-state index contributed by atoms with van der Waals surface area (Å²) in [6.07, 6.45) is 3.96. The molecule has 0 radical (unpaired) electrons. The van der Waals surface area contributed by atoms with Crippen LogP contribution in [0.1, 0.15) is 37.6 Å². The second-order valence-electron chi connectivity index (χ2n) is 5.90. The van der Waals surface area contributed by atoms with Crippen molar-refractivity contribution < 1.29 is 14.0 Å². The monoisotopic (exact) mass is 278 g/mol. The Hall–Kier alpha value is -1.78. The first-order valence-electron chi connectivity index (χ1n) is 7.09. The van der Waals surface area contributed by atoms with Crippen molar-refractivity contribution >= 4 is 11.8 Å². The van der Waals surface area contributed by atoms with Gasteiger partial charge in [0.15, 0.2) is 0 Å². The van der Waals surface area contributed by atoms with Crippen LogP contribution in [-0.2, 0) is 4.79 Å². The fraction of sp³-hybridized carbons (Fsp3) is 0.600. The molecule has 5 heteroatoms. The summed E-state index contributed by atoms with van der Waals surface area (Å²) in [5.41, 5.74) is 0.435. The molecule has 1 saturated heterocycles. The number of rotatable bonds is 3. The van der Waals surface area contributed by atoms with Crippen molar-refractivity contribution in [3.05, 3.63) is 24.2 Å². The van der Waals surface area contributed by atoms with Crippen molar-refractivity contribution in [2.24, 2.45) is 11.8 Å². The van der Waals surface area contributed by atoms with Crippen molar-refractivity contribution in [1.29, 1.82) is 0 Å². The third kappa shape index (κ3) is 3.40. The number of amides is 2. The van der Waals surface area contributed by atoms with Gasteiger partial charge in [0.1, 0.15) is 12.3 Å². The maximum Gasteiger partial charge on any atom is 0.255 e. The van der Waals surface area contributed by atoms with E-state index >= 15 is 0 Å². The number of carbonyl (C=O) groups is 2. The summed E-state index contributed by atoms with van der Waals surface area (Å²) >= 11 is 0. The number of carbonyl (C=O) groups excluding carboxylic acids is 2. The van der Waals surface area contributed by atoms with Gasteiger partial charge in [0.2, 0.25) is 5.91 Å². The standard InChI is InChI=1S/C15H22N2O3/c1-10-6-11(2)8-17(7-10)15(19)12(3)16-14(18)13-4-5-20-9-13/h4-5,9-12H,6-8H2,1-3H3,(H,16,18). The van der Waals surface area contributed by atoms with Crippen molar-refractivity contribution in [2.75, 3.05) is 13.1 Å². The lowest BCUT2D eigenvalue weighted by atomic mass is 9.91. The van der Waals surface area contributed by atoms with Crippen LogP contribution in [0.4, 0.5) is 0 Å². The van der Waals surface area contributed by atoms with Crippen LogP contribution in [0.3, 0.4) is 0 Å². The van der Waals surface area contributed by atoms with Crippen LogP contribution in [0.2, 0.25) is 0 Å². The molecule has 20 heavy (non-hydrogen) atoms. The lowest BCUT2D eigenvalue weighted by Crippen LogP contribution is -2.51. The van der Waals surface area contributed by atoms with E-state index in [2.05, 4.69) is 19.2 Å². The number of hydrogen-bond donors (Lipinski definition) is 1. The molecule has 1 N–H and O–H groups in total. The maximum absolute atomic E-state index is 12.4. The lowest BCUT2D eigenvalue weighted by Gasteiger charge is -2.36. The van der Waals surface area contributed by atoms with E-state index in [1.807, 2.05) is 4.90 Å². The van der Waals surface area contributed by atoms with Crippen molar-refractivity contribution in [3.63, 3.8) is 0 Å². The summed E-state index contributed by atoms with van der Waals surface area (Å²) < 4.78 is 4.87. The highest BCUT2D eigenvalue weighted by Crippen LogP contribution is 2.21. The van der Waals surface area contributed by atoms with Gasteiger partial charge < -0.3 is 14.6 Å². The number of nitrogens with zero attached hydrogens (tertiary/aromatic N) is 1. The number of hydrogen-bond acceptors (Lipinski definition) is 3. The number of furan rings is 1. The number of likely N-dealkylation sites (tertiary alicyclic amines) is 1. The molecule has 2 amide bonds. The molecule has 0 saturated carbocycles. The Morgan fingerprint density at radius 3 is 2.55 bits per heavy atom. The molecule has 0 aromatic carbocycles. The normalized spacial score (nSPS) is 24.2. The molecule has 3 atom stereocenters. The lowest BCUT2D eigenvalue weighted by molar-refractivity contribution is -0.135. The molecular formula is C15H22N2O3. The average Bonchev–Trinajstić information content (AvgIpc) is 2.90. The van der Waals surface area contributed by atoms with Crippen LogP contribution >= 0.6 is 0 Å². The Morgan fingerprint density at radius 2 is 2.00 bits per heavy atom. The van der Waals surface area contributed by atoms with Crippen LogP contribution in [0.25, 0.3) is 0 Å². The Morgan fingerprint density at radius 1 is 1.35 bits per heavy atom. The van der Waals surface area contributed by atoms with Gasteiger partial charge in [-0.2, -0.15) is 0 Å². The second-order valence-corrected chi connectivity index (χ2v) is 5.90. The quantitative estimate of drug-likeness (QED) is 0.918. The molecule has 5 nitrogen and oxygen atoms in total. The van der Waals surface area contributed by atoms with Crippen molar-refractivity contribution in [3.8, 4) is 0 Å². The Labute approximate surface area is 119 Å². The minimum absolute atomic E-state index is 0.0137. The predicted molar refractivity (Wildman–Crippen MR) is 75.2 cm³/mol. The minimum Gasteiger partial charge on any atom is -0.472 e. The van der Waals surface area contributed by atoms with Gasteiger partial charge in [0, 0.05) is 13.1 Å². The van der Waals surface area contributed by atoms with Crippen LogP contribution in [-0.4, -0.2) is 35.8 Å². The van der Waals surface area contributed by atoms with Gasteiger partial charge in [-0.25, -0.2) is 0 Å². The molecule has 2 rings (SSSR count). The molecule has 0 aliphatic carbocycles. The molecule has 1 aliphatic heterocycles. The molecule has 1 fully saturated rings. The van der Waals surface area contributed by atoms with Crippen LogP contribution in [0, 0.1) is 11.8 Å². The summed E-state index contributed by atoms with van der Waals surface area (Å²) in [4.78, 5) is 26.1. The molecular weight excluding hydrogens is 256 g/mol. The highest BCUT2D eigenvalue weighted by atomic mass is 16.3. The first-order valence-corrected chi connectivity index (χ1v) is 7.09. The molecule has 2 heterocycles. The van der Waals surface area contributed by atoms with E-state index in [0.717, 1.165) is 19.5 Å². The Bertz CT molecular complexity index is 459. The van der Waals surface area contributed by atoms with E-state index < -0.39 is 6.04 Å². The first-order chi connectivity index (χ1) is 9.47. The third-order valence-corrected chi connectivity index (χ3v) is 3.68. The highest BCUT2D eigenvalue weighted by Gasteiger charge is 2.29. The summed E-state index contributed by atoms with van der Waals surface area (Å²) in [6, 6.07) is 1.06. The van der Waals surface area contributed by atoms with Gasteiger partial charge in [-0.1, -0.05) is 13.8 Å². The van der Waals surface area contributed by atoms with Crippen LogP contribution in [0.5, 0.6) is 0 Å². The number of nitrogens with one attached hydrogen (secondary N) is 1. The highest BCUT2D eigenvalue weighted by molar-refractivity contribution is 5.97. The average molecular weight is 278 g/mol. The zero-order valence-corrected chi connectivity index (χ0v) is 12.3. The Balaban J connectivity index is 1.93. The van der Waals surface area contributed by atoms with Gasteiger partial charge in [0.25, 0.3) is 5.91 Å². The zero-order chi connectivity index (χ0) is 14.7. The van der Waals surface area contributed by atoms with Crippen molar-refractivity contribution in [1.82, 2.24) is 10.2 Å². The van der Waals surface area contributed by atoms with E-state index in [4.69, 9.17) is 4.42 Å². The molecule has 0 bridgehead atoms. The van der Waals surface area contributed by atoms with Gasteiger partial charge in [-0.15, -0.1) is 0 Å². The van der Waals surface area contributed by atoms with E-state index in [0.29, 0.717) is 17.4 Å². The summed E-state index contributed by atoms with van der Waals surface area (Å²) in [6.45, 7) is 7.59. The fourth-order valence-corrected chi connectivity index (χ4v) is 2.85.